The van der Waals surface area contributed by atoms with E-state index < -0.39 is 37.6 Å². The van der Waals surface area contributed by atoms with Crippen LogP contribution in [0.2, 0.25) is 0 Å². The SMILES string of the molecule is Cc1cccc(CS(=O)(=O)N2CCS(=O)(=O)CC2C(=O)O)c1. The van der Waals surface area contributed by atoms with Gasteiger partial charge in [0.15, 0.2) is 9.84 Å². The van der Waals surface area contributed by atoms with Gasteiger partial charge in [-0.05, 0) is 12.5 Å². The molecule has 1 heterocycles. The molecule has 0 aliphatic carbocycles. The molecule has 1 N–H and O–H groups in total. The van der Waals surface area contributed by atoms with Gasteiger partial charge in [-0.2, -0.15) is 4.31 Å². The van der Waals surface area contributed by atoms with Crippen LogP contribution >= 0.6 is 0 Å². The number of hydrogen-bond acceptors (Lipinski definition) is 5. The maximum atomic E-state index is 12.5. The van der Waals surface area contributed by atoms with Gasteiger partial charge in [-0.25, -0.2) is 16.8 Å². The number of aliphatic carboxylic acids is 1. The highest BCUT2D eigenvalue weighted by atomic mass is 32.2. The fraction of sp³-hybridized carbons (Fsp3) is 0.462. The lowest BCUT2D eigenvalue weighted by atomic mass is 10.2. The molecule has 0 spiro atoms. The fourth-order valence-electron chi connectivity index (χ4n) is 2.41. The molecule has 22 heavy (non-hydrogen) atoms. The average Bonchev–Trinajstić information content (AvgIpc) is 2.36. The van der Waals surface area contributed by atoms with Crippen molar-refractivity contribution < 1.29 is 26.7 Å². The number of hydrogen-bond donors (Lipinski definition) is 1. The van der Waals surface area contributed by atoms with Crippen molar-refractivity contribution in [2.75, 3.05) is 18.1 Å². The smallest absolute Gasteiger partial charge is 0.323 e. The topological polar surface area (TPSA) is 109 Å². The summed E-state index contributed by atoms with van der Waals surface area (Å²) in [6.45, 7) is 1.50. The minimum Gasteiger partial charge on any atom is -0.480 e. The molecular weight excluding hydrogens is 330 g/mol. The lowest BCUT2D eigenvalue weighted by Crippen LogP contribution is -2.54. The number of aryl methyl sites for hydroxylation is 1. The molecule has 1 fully saturated rings. The van der Waals surface area contributed by atoms with Gasteiger partial charge >= 0.3 is 5.97 Å². The quantitative estimate of drug-likeness (QED) is 0.822. The van der Waals surface area contributed by atoms with E-state index in [0.717, 1.165) is 9.87 Å². The third kappa shape index (κ3) is 3.84. The molecule has 1 aromatic carbocycles. The number of carboxylic acids is 1. The normalized spacial score (nSPS) is 22.3. The molecular formula is C13H17NO6S2. The van der Waals surface area contributed by atoms with E-state index in [9.17, 15) is 21.6 Å². The third-order valence-corrected chi connectivity index (χ3v) is 6.93. The van der Waals surface area contributed by atoms with Crippen molar-refractivity contribution >= 4 is 25.8 Å². The predicted octanol–water partition coefficient (Wildman–Crippen LogP) is 0.00842. The standard InChI is InChI=1S/C13H17NO6S2/c1-10-3-2-4-11(7-10)8-22(19,20)14-5-6-21(17,18)9-12(14)13(15)16/h2-4,7,12H,5-6,8-9H2,1H3,(H,15,16). The van der Waals surface area contributed by atoms with Gasteiger partial charge in [0.05, 0.1) is 17.3 Å². The van der Waals surface area contributed by atoms with Crippen LogP contribution in [-0.4, -0.2) is 56.3 Å². The Morgan fingerprint density at radius 2 is 2.09 bits per heavy atom. The second-order valence-corrected chi connectivity index (χ2v) is 9.47. The molecule has 7 nitrogen and oxygen atoms in total. The minimum absolute atomic E-state index is 0.326. The van der Waals surface area contributed by atoms with Crippen molar-refractivity contribution in [3.05, 3.63) is 35.4 Å². The zero-order chi connectivity index (χ0) is 16.5. The van der Waals surface area contributed by atoms with Crippen LogP contribution in [0.4, 0.5) is 0 Å². The van der Waals surface area contributed by atoms with Crippen LogP contribution in [0.5, 0.6) is 0 Å². The highest BCUT2D eigenvalue weighted by Crippen LogP contribution is 2.20. The molecule has 122 valence electrons. The molecule has 0 saturated carbocycles. The van der Waals surface area contributed by atoms with E-state index in [4.69, 9.17) is 5.11 Å². The summed E-state index contributed by atoms with van der Waals surface area (Å²) in [7, 11) is -7.45. The molecule has 0 amide bonds. The first-order valence-corrected chi connectivity index (χ1v) is 10.0. The molecule has 0 radical (unpaired) electrons. The van der Waals surface area contributed by atoms with Crippen LogP contribution in [0, 0.1) is 6.92 Å². The van der Waals surface area contributed by atoms with Crippen LogP contribution < -0.4 is 0 Å². The Morgan fingerprint density at radius 3 is 2.68 bits per heavy atom. The summed E-state index contributed by atoms with van der Waals surface area (Å²) < 4.78 is 48.8. The molecule has 1 aliphatic rings. The van der Waals surface area contributed by atoms with Gasteiger partial charge in [0, 0.05) is 6.54 Å². The largest absolute Gasteiger partial charge is 0.480 e. The van der Waals surface area contributed by atoms with Crippen molar-refractivity contribution in [2.45, 2.75) is 18.7 Å². The summed E-state index contributed by atoms with van der Waals surface area (Å²) in [4.78, 5) is 11.2. The number of carbonyl (C=O) groups is 1. The lowest BCUT2D eigenvalue weighted by molar-refractivity contribution is -0.140. The Bertz CT molecular complexity index is 785. The predicted molar refractivity (Wildman–Crippen MR) is 80.6 cm³/mol. The Kier molecular flexibility index (Phi) is 4.59. The van der Waals surface area contributed by atoms with Crippen molar-refractivity contribution in [1.82, 2.24) is 4.31 Å². The third-order valence-electron chi connectivity index (χ3n) is 3.46. The van der Waals surface area contributed by atoms with Crippen LogP contribution in [0.15, 0.2) is 24.3 Å². The second kappa shape index (κ2) is 5.98. The summed E-state index contributed by atoms with van der Waals surface area (Å²) in [5.74, 6) is -2.84. The zero-order valence-corrected chi connectivity index (χ0v) is 13.6. The van der Waals surface area contributed by atoms with E-state index in [1.807, 2.05) is 13.0 Å². The summed E-state index contributed by atoms with van der Waals surface area (Å²) in [5, 5.41) is 9.14. The summed E-state index contributed by atoms with van der Waals surface area (Å²) in [6.07, 6.45) is 0. The first-order chi connectivity index (χ1) is 10.1. The number of sulfone groups is 1. The van der Waals surface area contributed by atoms with Gasteiger partial charge in [-0.3, -0.25) is 4.79 Å². The summed E-state index contributed by atoms with van der Waals surface area (Å²) in [5.41, 5.74) is 1.43. The molecule has 1 aliphatic heterocycles. The Balaban J connectivity index is 2.29. The van der Waals surface area contributed by atoms with Crippen LogP contribution in [0.25, 0.3) is 0 Å². The second-order valence-electron chi connectivity index (χ2n) is 5.32. The number of carboxylic acid groups (broad SMARTS) is 1. The minimum atomic E-state index is -3.91. The van der Waals surface area contributed by atoms with Crippen molar-refractivity contribution in [1.29, 1.82) is 0 Å². The molecule has 1 atom stereocenters. The van der Waals surface area contributed by atoms with Gasteiger partial charge < -0.3 is 5.11 Å². The van der Waals surface area contributed by atoms with Gasteiger partial charge in [0.1, 0.15) is 6.04 Å². The Labute approximate surface area is 129 Å². The molecule has 1 aromatic rings. The van der Waals surface area contributed by atoms with Gasteiger partial charge in [-0.1, -0.05) is 29.8 Å². The number of nitrogens with zero attached hydrogens (tertiary/aromatic N) is 1. The van der Waals surface area contributed by atoms with E-state index in [2.05, 4.69) is 0 Å². The molecule has 0 aromatic heterocycles. The van der Waals surface area contributed by atoms with E-state index in [-0.39, 0.29) is 18.1 Å². The highest BCUT2D eigenvalue weighted by molar-refractivity contribution is 7.92. The number of sulfonamides is 1. The molecule has 1 unspecified atom stereocenters. The van der Waals surface area contributed by atoms with Crippen molar-refractivity contribution in [3.8, 4) is 0 Å². The van der Waals surface area contributed by atoms with Crippen molar-refractivity contribution in [2.24, 2.45) is 0 Å². The summed E-state index contributed by atoms with van der Waals surface area (Å²) in [6, 6.07) is 5.32. The fourth-order valence-corrected chi connectivity index (χ4v) is 5.76. The van der Waals surface area contributed by atoms with E-state index >= 15 is 0 Å². The number of benzene rings is 1. The maximum absolute atomic E-state index is 12.5. The van der Waals surface area contributed by atoms with E-state index in [1.165, 1.54) is 0 Å². The van der Waals surface area contributed by atoms with E-state index in [1.54, 1.807) is 18.2 Å². The summed E-state index contributed by atoms with van der Waals surface area (Å²) >= 11 is 0. The molecule has 9 heteroatoms. The highest BCUT2D eigenvalue weighted by Gasteiger charge is 2.42. The zero-order valence-electron chi connectivity index (χ0n) is 12.0. The Morgan fingerprint density at radius 1 is 1.41 bits per heavy atom. The van der Waals surface area contributed by atoms with Crippen molar-refractivity contribution in [3.63, 3.8) is 0 Å². The first-order valence-electron chi connectivity index (χ1n) is 6.59. The Hall–Kier alpha value is -1.45. The van der Waals surface area contributed by atoms with Crippen LogP contribution in [0.1, 0.15) is 11.1 Å². The van der Waals surface area contributed by atoms with Gasteiger partial charge in [0.2, 0.25) is 10.0 Å². The number of rotatable bonds is 4. The monoisotopic (exact) mass is 347 g/mol. The van der Waals surface area contributed by atoms with Gasteiger partial charge in [0.25, 0.3) is 0 Å². The molecule has 2 rings (SSSR count). The maximum Gasteiger partial charge on any atom is 0.323 e. The lowest BCUT2D eigenvalue weighted by Gasteiger charge is -2.31. The van der Waals surface area contributed by atoms with Crippen LogP contribution in [0.3, 0.4) is 0 Å². The average molecular weight is 347 g/mol. The molecule has 0 bridgehead atoms. The van der Waals surface area contributed by atoms with E-state index in [0.29, 0.717) is 5.56 Å². The van der Waals surface area contributed by atoms with Gasteiger partial charge in [-0.15, -0.1) is 0 Å². The first kappa shape index (κ1) is 16.9. The molecule has 1 saturated heterocycles. The van der Waals surface area contributed by atoms with Crippen LogP contribution in [-0.2, 0) is 30.4 Å².